The predicted octanol–water partition coefficient (Wildman–Crippen LogP) is 1.17. The van der Waals surface area contributed by atoms with Crippen LogP contribution in [0.15, 0.2) is 18.2 Å². The second-order valence-electron chi connectivity index (χ2n) is 4.20. The Morgan fingerprint density at radius 2 is 2.24 bits per heavy atom. The van der Waals surface area contributed by atoms with Crippen molar-refractivity contribution in [2.75, 3.05) is 5.32 Å². The van der Waals surface area contributed by atoms with Crippen LogP contribution in [0.1, 0.15) is 12.7 Å². The Labute approximate surface area is 99.6 Å². The molecular weight excluding hydrogens is 216 g/mol. The molecule has 0 aliphatic heterocycles. The highest BCUT2D eigenvalue weighted by Crippen LogP contribution is 2.19. The molecule has 5 nitrogen and oxygen atoms in total. The van der Waals surface area contributed by atoms with Crippen LogP contribution in [0.4, 0.5) is 5.69 Å². The van der Waals surface area contributed by atoms with Gasteiger partial charge in [0.15, 0.2) is 0 Å². The lowest BCUT2D eigenvalue weighted by atomic mass is 10.2. The van der Waals surface area contributed by atoms with Crippen molar-refractivity contribution in [3.8, 4) is 0 Å². The summed E-state index contributed by atoms with van der Waals surface area (Å²) in [6.45, 7) is 3.60. The van der Waals surface area contributed by atoms with Crippen LogP contribution in [0.2, 0.25) is 0 Å². The average molecular weight is 232 g/mol. The lowest BCUT2D eigenvalue weighted by Gasteiger charge is -2.07. The summed E-state index contributed by atoms with van der Waals surface area (Å²) in [4.78, 5) is 15.9. The van der Waals surface area contributed by atoms with E-state index in [1.165, 1.54) is 0 Å². The van der Waals surface area contributed by atoms with Gasteiger partial charge in [-0.25, -0.2) is 4.98 Å². The molecular formula is C12H16N4O. The SMILES string of the molecule is Cc1nc2cc(NC(=O)C(C)N)ccc2n1C. The topological polar surface area (TPSA) is 72.9 Å². The molecule has 0 aliphatic rings. The number of fused-ring (bicyclic) bond motifs is 1. The highest BCUT2D eigenvalue weighted by molar-refractivity contribution is 5.96. The first-order chi connectivity index (χ1) is 7.99. The molecule has 1 heterocycles. The first-order valence-corrected chi connectivity index (χ1v) is 5.48. The normalized spacial score (nSPS) is 12.7. The number of carbonyl (C=O) groups is 1. The van der Waals surface area contributed by atoms with Crippen molar-refractivity contribution >= 4 is 22.6 Å². The van der Waals surface area contributed by atoms with E-state index >= 15 is 0 Å². The second kappa shape index (κ2) is 4.18. The maximum atomic E-state index is 11.5. The van der Waals surface area contributed by atoms with Gasteiger partial charge in [-0.2, -0.15) is 0 Å². The highest BCUT2D eigenvalue weighted by Gasteiger charge is 2.09. The number of nitrogens with two attached hydrogens (primary N) is 1. The van der Waals surface area contributed by atoms with E-state index in [-0.39, 0.29) is 5.91 Å². The summed E-state index contributed by atoms with van der Waals surface area (Å²) in [6, 6.07) is 5.12. The number of aromatic nitrogens is 2. The van der Waals surface area contributed by atoms with Crippen LogP contribution in [0.3, 0.4) is 0 Å². The van der Waals surface area contributed by atoms with Gasteiger partial charge in [0, 0.05) is 12.7 Å². The molecule has 17 heavy (non-hydrogen) atoms. The fraction of sp³-hybridized carbons (Fsp3) is 0.333. The van der Waals surface area contributed by atoms with Crippen LogP contribution < -0.4 is 11.1 Å². The molecule has 0 fully saturated rings. The number of benzene rings is 1. The molecule has 0 spiro atoms. The number of nitrogens with zero attached hydrogens (tertiary/aromatic N) is 2. The smallest absolute Gasteiger partial charge is 0.240 e. The summed E-state index contributed by atoms with van der Waals surface area (Å²) >= 11 is 0. The van der Waals surface area contributed by atoms with Crippen LogP contribution in [-0.4, -0.2) is 21.5 Å². The first-order valence-electron chi connectivity index (χ1n) is 5.48. The van der Waals surface area contributed by atoms with E-state index in [0.29, 0.717) is 0 Å². The Morgan fingerprint density at radius 1 is 1.53 bits per heavy atom. The Balaban J connectivity index is 2.35. The first kappa shape index (κ1) is 11.6. The Morgan fingerprint density at radius 3 is 2.88 bits per heavy atom. The molecule has 0 aliphatic carbocycles. The van der Waals surface area contributed by atoms with E-state index in [2.05, 4.69) is 10.3 Å². The third-order valence-corrected chi connectivity index (χ3v) is 2.79. The van der Waals surface area contributed by atoms with Gasteiger partial charge in [-0.3, -0.25) is 4.79 Å². The summed E-state index contributed by atoms with van der Waals surface area (Å²) in [5.74, 6) is 0.743. The number of carbonyl (C=O) groups excluding carboxylic acids is 1. The van der Waals surface area contributed by atoms with Gasteiger partial charge in [0.05, 0.1) is 17.1 Å². The molecule has 5 heteroatoms. The summed E-state index contributed by atoms with van der Waals surface area (Å²) in [7, 11) is 1.96. The number of aryl methyl sites for hydroxylation is 2. The Bertz CT molecular complexity index is 571. The zero-order valence-electron chi connectivity index (χ0n) is 10.2. The number of imidazole rings is 1. The highest BCUT2D eigenvalue weighted by atomic mass is 16.2. The van der Waals surface area contributed by atoms with Crippen molar-refractivity contribution in [1.82, 2.24) is 9.55 Å². The van der Waals surface area contributed by atoms with Gasteiger partial charge in [-0.15, -0.1) is 0 Å². The number of hydrogen-bond acceptors (Lipinski definition) is 3. The molecule has 0 saturated carbocycles. The molecule has 2 aromatic rings. The van der Waals surface area contributed by atoms with E-state index < -0.39 is 6.04 Å². The third-order valence-electron chi connectivity index (χ3n) is 2.79. The van der Waals surface area contributed by atoms with Crippen molar-refractivity contribution in [2.45, 2.75) is 19.9 Å². The molecule has 1 unspecified atom stereocenters. The minimum atomic E-state index is -0.517. The van der Waals surface area contributed by atoms with E-state index in [1.807, 2.05) is 36.7 Å². The molecule has 1 amide bonds. The molecule has 90 valence electrons. The number of rotatable bonds is 2. The molecule has 2 rings (SSSR count). The van der Waals surface area contributed by atoms with Gasteiger partial charge < -0.3 is 15.6 Å². The molecule has 1 atom stereocenters. The van der Waals surface area contributed by atoms with Gasteiger partial charge in [0.25, 0.3) is 0 Å². The van der Waals surface area contributed by atoms with E-state index in [0.717, 1.165) is 22.5 Å². The quantitative estimate of drug-likeness (QED) is 0.816. The summed E-state index contributed by atoms with van der Waals surface area (Å²) in [5.41, 5.74) is 8.12. The van der Waals surface area contributed by atoms with E-state index in [4.69, 9.17) is 5.73 Å². The predicted molar refractivity (Wildman–Crippen MR) is 67.7 cm³/mol. The monoisotopic (exact) mass is 232 g/mol. The molecule has 0 saturated heterocycles. The van der Waals surface area contributed by atoms with Crippen LogP contribution in [0, 0.1) is 6.92 Å². The Hall–Kier alpha value is -1.88. The van der Waals surface area contributed by atoms with Crippen molar-refractivity contribution in [3.63, 3.8) is 0 Å². The number of hydrogen-bond donors (Lipinski definition) is 2. The van der Waals surface area contributed by atoms with Crippen molar-refractivity contribution < 1.29 is 4.79 Å². The van der Waals surface area contributed by atoms with Crippen LogP contribution in [0.5, 0.6) is 0 Å². The Kier molecular flexibility index (Phi) is 2.85. The van der Waals surface area contributed by atoms with E-state index in [1.54, 1.807) is 6.92 Å². The summed E-state index contributed by atoms with van der Waals surface area (Å²) < 4.78 is 2.01. The van der Waals surface area contributed by atoms with Crippen LogP contribution in [0.25, 0.3) is 11.0 Å². The lowest BCUT2D eigenvalue weighted by molar-refractivity contribution is -0.117. The van der Waals surface area contributed by atoms with Gasteiger partial charge >= 0.3 is 0 Å². The zero-order chi connectivity index (χ0) is 12.6. The molecule has 1 aromatic heterocycles. The standard InChI is InChI=1S/C12H16N4O/c1-7(13)12(17)15-9-4-5-11-10(6-9)14-8(2)16(11)3/h4-7H,13H2,1-3H3,(H,15,17). The third kappa shape index (κ3) is 2.14. The van der Waals surface area contributed by atoms with Gasteiger partial charge in [-0.1, -0.05) is 0 Å². The number of amides is 1. The number of anilines is 1. The minimum Gasteiger partial charge on any atom is -0.331 e. The van der Waals surface area contributed by atoms with E-state index in [9.17, 15) is 4.79 Å². The van der Waals surface area contributed by atoms with Gasteiger partial charge in [0.1, 0.15) is 5.82 Å². The minimum absolute atomic E-state index is 0.197. The fourth-order valence-electron chi connectivity index (χ4n) is 1.65. The second-order valence-corrected chi connectivity index (χ2v) is 4.20. The van der Waals surface area contributed by atoms with Crippen LogP contribution >= 0.6 is 0 Å². The fourth-order valence-corrected chi connectivity index (χ4v) is 1.65. The lowest BCUT2D eigenvalue weighted by Crippen LogP contribution is -2.32. The summed E-state index contributed by atoms with van der Waals surface area (Å²) in [6.07, 6.45) is 0. The number of nitrogens with one attached hydrogen (secondary N) is 1. The van der Waals surface area contributed by atoms with Gasteiger partial charge in [-0.05, 0) is 32.0 Å². The van der Waals surface area contributed by atoms with Crippen molar-refractivity contribution in [1.29, 1.82) is 0 Å². The average Bonchev–Trinajstić information content (AvgIpc) is 2.54. The van der Waals surface area contributed by atoms with Crippen molar-refractivity contribution in [3.05, 3.63) is 24.0 Å². The zero-order valence-corrected chi connectivity index (χ0v) is 10.2. The molecule has 1 aromatic carbocycles. The van der Waals surface area contributed by atoms with Gasteiger partial charge in [0.2, 0.25) is 5.91 Å². The maximum absolute atomic E-state index is 11.5. The maximum Gasteiger partial charge on any atom is 0.240 e. The van der Waals surface area contributed by atoms with Crippen molar-refractivity contribution in [2.24, 2.45) is 12.8 Å². The van der Waals surface area contributed by atoms with Crippen LogP contribution in [-0.2, 0) is 11.8 Å². The molecule has 0 bridgehead atoms. The molecule has 0 radical (unpaired) electrons. The summed E-state index contributed by atoms with van der Waals surface area (Å²) in [5, 5.41) is 2.75. The largest absolute Gasteiger partial charge is 0.331 e. The molecule has 3 N–H and O–H groups in total.